The number of carbonyl (C=O) groups excluding carboxylic acids is 2. The highest BCUT2D eigenvalue weighted by molar-refractivity contribution is 5.95. The Morgan fingerprint density at radius 1 is 1.28 bits per heavy atom. The van der Waals surface area contributed by atoms with E-state index in [1.165, 1.54) is 12.1 Å². The Hall–Kier alpha value is -2.57. The summed E-state index contributed by atoms with van der Waals surface area (Å²) in [6, 6.07) is 5.57. The molecule has 7 heteroatoms. The van der Waals surface area contributed by atoms with Crippen molar-refractivity contribution in [1.82, 2.24) is 5.32 Å². The Balaban J connectivity index is 2.51. The molecule has 5 N–H and O–H groups in total. The Kier molecular flexibility index (Phi) is 4.67. The van der Waals surface area contributed by atoms with Gasteiger partial charge in [0.1, 0.15) is 0 Å². The van der Waals surface area contributed by atoms with Crippen LogP contribution >= 0.6 is 0 Å². The van der Waals surface area contributed by atoms with Crippen molar-refractivity contribution in [3.05, 3.63) is 29.8 Å². The predicted molar refractivity (Wildman–Crippen MR) is 64.2 cm³/mol. The normalized spacial score (nSPS) is 9.56. The van der Waals surface area contributed by atoms with Crippen LogP contribution in [-0.4, -0.2) is 29.6 Å². The highest BCUT2D eigenvalue weighted by Crippen LogP contribution is 2.09. The van der Waals surface area contributed by atoms with E-state index in [2.05, 4.69) is 10.6 Å². The van der Waals surface area contributed by atoms with E-state index in [0.29, 0.717) is 5.69 Å². The van der Waals surface area contributed by atoms with Gasteiger partial charge < -0.3 is 21.5 Å². The predicted octanol–water partition coefficient (Wildman–Crippen LogP) is 0.382. The number of nitrogens with one attached hydrogen (secondary N) is 2. The second-order valence-electron chi connectivity index (χ2n) is 3.47. The van der Waals surface area contributed by atoms with Gasteiger partial charge in [-0.15, -0.1) is 0 Å². The molecule has 0 radical (unpaired) electrons. The third kappa shape index (κ3) is 4.52. The number of carbonyl (C=O) groups is 3. The number of anilines is 1. The number of urea groups is 1. The van der Waals surface area contributed by atoms with E-state index in [4.69, 9.17) is 10.8 Å². The monoisotopic (exact) mass is 251 g/mol. The van der Waals surface area contributed by atoms with Gasteiger partial charge in [-0.05, 0) is 18.2 Å². The minimum atomic E-state index is -0.994. The average Bonchev–Trinajstić information content (AvgIpc) is 2.28. The first-order valence-corrected chi connectivity index (χ1v) is 5.15. The van der Waals surface area contributed by atoms with Crippen LogP contribution in [0.3, 0.4) is 0 Å². The van der Waals surface area contributed by atoms with E-state index in [1.807, 2.05) is 0 Å². The molecule has 0 bridgehead atoms. The third-order valence-corrected chi connectivity index (χ3v) is 2.03. The van der Waals surface area contributed by atoms with E-state index in [-0.39, 0.29) is 18.5 Å². The van der Waals surface area contributed by atoms with Crippen LogP contribution in [0.2, 0.25) is 0 Å². The maximum absolute atomic E-state index is 11.3. The molecule has 0 aliphatic rings. The largest absolute Gasteiger partial charge is 0.481 e. The molecule has 0 fully saturated rings. The standard InChI is InChI=1S/C11H13N3O4/c12-10(17)7-2-1-3-8(6-7)14-11(18)13-5-4-9(15)16/h1-3,6H,4-5H2,(H2,12,17)(H,15,16)(H2,13,14,18). The molecule has 96 valence electrons. The highest BCUT2D eigenvalue weighted by atomic mass is 16.4. The maximum Gasteiger partial charge on any atom is 0.319 e. The first kappa shape index (κ1) is 13.5. The maximum atomic E-state index is 11.3. The molecule has 1 rings (SSSR count). The highest BCUT2D eigenvalue weighted by Gasteiger charge is 2.05. The fourth-order valence-corrected chi connectivity index (χ4v) is 1.21. The van der Waals surface area contributed by atoms with Crippen molar-refractivity contribution in [2.24, 2.45) is 5.73 Å². The molecule has 18 heavy (non-hydrogen) atoms. The minimum absolute atomic E-state index is 0.0245. The number of amides is 3. The van der Waals surface area contributed by atoms with Crippen molar-refractivity contribution in [3.63, 3.8) is 0 Å². The molecular weight excluding hydrogens is 238 g/mol. The van der Waals surface area contributed by atoms with E-state index in [1.54, 1.807) is 12.1 Å². The fourth-order valence-electron chi connectivity index (χ4n) is 1.21. The number of primary amides is 1. The summed E-state index contributed by atoms with van der Waals surface area (Å²) in [5.41, 5.74) is 5.77. The van der Waals surface area contributed by atoms with E-state index in [9.17, 15) is 14.4 Å². The zero-order valence-electron chi connectivity index (χ0n) is 9.47. The summed E-state index contributed by atoms with van der Waals surface area (Å²) in [6.45, 7) is 0.0245. The van der Waals surface area contributed by atoms with Gasteiger partial charge in [-0.3, -0.25) is 9.59 Å². The van der Waals surface area contributed by atoms with Crippen LogP contribution in [0, 0.1) is 0 Å². The van der Waals surface area contributed by atoms with E-state index >= 15 is 0 Å². The van der Waals surface area contributed by atoms with Crippen molar-refractivity contribution in [2.75, 3.05) is 11.9 Å². The molecule has 1 aromatic carbocycles. The summed E-state index contributed by atoms with van der Waals surface area (Å²) in [7, 11) is 0. The molecule has 0 spiro atoms. The molecule has 1 aromatic rings. The second-order valence-corrected chi connectivity index (χ2v) is 3.47. The van der Waals surface area contributed by atoms with Gasteiger partial charge in [-0.25, -0.2) is 4.79 Å². The van der Waals surface area contributed by atoms with Gasteiger partial charge in [0, 0.05) is 17.8 Å². The molecule has 0 heterocycles. The number of benzene rings is 1. The molecule has 0 aliphatic carbocycles. The summed E-state index contributed by atoms with van der Waals surface area (Å²) in [5, 5.41) is 13.2. The van der Waals surface area contributed by atoms with Crippen LogP contribution in [0.25, 0.3) is 0 Å². The van der Waals surface area contributed by atoms with Gasteiger partial charge >= 0.3 is 12.0 Å². The van der Waals surface area contributed by atoms with Crippen molar-refractivity contribution < 1.29 is 19.5 Å². The van der Waals surface area contributed by atoms with Crippen LogP contribution in [-0.2, 0) is 4.79 Å². The molecule has 0 aromatic heterocycles. The van der Waals surface area contributed by atoms with Crippen molar-refractivity contribution in [2.45, 2.75) is 6.42 Å². The summed E-state index contributed by atoms with van der Waals surface area (Å²) < 4.78 is 0. The SMILES string of the molecule is NC(=O)c1cccc(NC(=O)NCCC(=O)O)c1. The molecule has 0 saturated heterocycles. The lowest BCUT2D eigenvalue weighted by molar-refractivity contribution is -0.136. The smallest absolute Gasteiger partial charge is 0.319 e. The lowest BCUT2D eigenvalue weighted by Gasteiger charge is -2.07. The number of hydrogen-bond acceptors (Lipinski definition) is 3. The molecule has 0 aliphatic heterocycles. The molecule has 0 unspecified atom stereocenters. The van der Waals surface area contributed by atoms with Crippen molar-refractivity contribution >= 4 is 23.6 Å². The van der Waals surface area contributed by atoms with Crippen LogP contribution in [0.1, 0.15) is 16.8 Å². The van der Waals surface area contributed by atoms with Crippen LogP contribution in [0.15, 0.2) is 24.3 Å². The number of carboxylic acid groups (broad SMARTS) is 1. The third-order valence-electron chi connectivity index (χ3n) is 2.03. The van der Waals surface area contributed by atoms with Gasteiger partial charge in [-0.1, -0.05) is 6.07 Å². The van der Waals surface area contributed by atoms with Crippen LogP contribution < -0.4 is 16.4 Å². The summed E-state index contributed by atoms with van der Waals surface area (Å²) in [6.07, 6.45) is -0.158. The quantitative estimate of drug-likeness (QED) is 0.604. The Morgan fingerprint density at radius 3 is 2.61 bits per heavy atom. The molecule has 0 saturated carbocycles. The Bertz CT molecular complexity index is 473. The fraction of sp³-hybridized carbons (Fsp3) is 0.182. The minimum Gasteiger partial charge on any atom is -0.481 e. The molecular formula is C11H13N3O4. The number of carboxylic acids is 1. The zero-order valence-corrected chi connectivity index (χ0v) is 9.47. The van der Waals surface area contributed by atoms with Gasteiger partial charge in [0.05, 0.1) is 6.42 Å². The van der Waals surface area contributed by atoms with Gasteiger partial charge in [0.25, 0.3) is 0 Å². The Labute approximate surface area is 103 Å². The number of nitrogens with two attached hydrogens (primary N) is 1. The summed E-state index contributed by atoms with van der Waals surface area (Å²) in [4.78, 5) is 32.5. The van der Waals surface area contributed by atoms with Gasteiger partial charge in [-0.2, -0.15) is 0 Å². The first-order chi connectivity index (χ1) is 8.49. The van der Waals surface area contributed by atoms with E-state index in [0.717, 1.165) is 0 Å². The number of hydrogen-bond donors (Lipinski definition) is 4. The number of rotatable bonds is 5. The number of aliphatic carboxylic acids is 1. The zero-order chi connectivity index (χ0) is 13.5. The van der Waals surface area contributed by atoms with Crippen LogP contribution in [0.5, 0.6) is 0 Å². The lowest BCUT2D eigenvalue weighted by Crippen LogP contribution is -2.30. The average molecular weight is 251 g/mol. The van der Waals surface area contributed by atoms with Crippen LogP contribution in [0.4, 0.5) is 10.5 Å². The van der Waals surface area contributed by atoms with E-state index < -0.39 is 17.9 Å². The lowest BCUT2D eigenvalue weighted by atomic mass is 10.2. The van der Waals surface area contributed by atoms with Gasteiger partial charge in [0.2, 0.25) is 5.91 Å². The van der Waals surface area contributed by atoms with Gasteiger partial charge in [0.15, 0.2) is 0 Å². The molecule has 7 nitrogen and oxygen atoms in total. The van der Waals surface area contributed by atoms with Crippen molar-refractivity contribution in [1.29, 1.82) is 0 Å². The second kappa shape index (κ2) is 6.24. The molecule has 0 atom stereocenters. The first-order valence-electron chi connectivity index (χ1n) is 5.15. The van der Waals surface area contributed by atoms with Crippen molar-refractivity contribution in [3.8, 4) is 0 Å². The summed E-state index contributed by atoms with van der Waals surface area (Å²) in [5.74, 6) is -1.59. The summed E-state index contributed by atoms with van der Waals surface area (Å²) >= 11 is 0. The Morgan fingerprint density at radius 2 is 2.00 bits per heavy atom. The topological polar surface area (TPSA) is 122 Å². The molecule has 3 amide bonds.